The third-order valence-corrected chi connectivity index (χ3v) is 6.72. The van der Waals surface area contributed by atoms with Gasteiger partial charge in [-0.1, -0.05) is 155 Å². The molecule has 0 aliphatic rings. The molecular weight excluding hydrogens is 392 g/mol. The lowest BCUT2D eigenvalue weighted by molar-refractivity contribution is -0.139. The second-order valence-corrected chi connectivity index (χ2v) is 10.3. The van der Waals surface area contributed by atoms with Crippen molar-refractivity contribution < 1.29 is 9.53 Å². The van der Waals surface area contributed by atoms with Gasteiger partial charge in [0.1, 0.15) is 0 Å². The summed E-state index contributed by atoms with van der Waals surface area (Å²) >= 11 is 0. The molecule has 0 heterocycles. The molecule has 0 N–H and O–H groups in total. The average Bonchev–Trinajstić information content (AvgIpc) is 2.77. The number of unbranched alkanes of at least 4 members (excludes halogenated alkanes) is 18. The highest BCUT2D eigenvalue weighted by Gasteiger charge is 2.03. The van der Waals surface area contributed by atoms with Crippen molar-refractivity contribution in [2.24, 2.45) is 5.92 Å². The zero-order valence-electron chi connectivity index (χ0n) is 22.4. The topological polar surface area (TPSA) is 26.3 Å². The minimum absolute atomic E-state index is 0.252. The maximum atomic E-state index is 11.3. The van der Waals surface area contributed by atoms with Gasteiger partial charge in [-0.2, -0.15) is 0 Å². The Balaban J connectivity index is 3.20. The number of ether oxygens (including phenoxy) is 1. The van der Waals surface area contributed by atoms with E-state index in [0.717, 1.165) is 18.8 Å². The molecule has 32 heavy (non-hydrogen) atoms. The molecule has 0 spiro atoms. The Morgan fingerprint density at radius 3 is 1.34 bits per heavy atom. The number of rotatable bonds is 25. The van der Waals surface area contributed by atoms with Gasteiger partial charge in [0, 0.05) is 5.57 Å². The van der Waals surface area contributed by atoms with E-state index in [1.165, 1.54) is 128 Å². The summed E-state index contributed by atoms with van der Waals surface area (Å²) in [5, 5.41) is 0. The Morgan fingerprint density at radius 1 is 0.625 bits per heavy atom. The predicted octanol–water partition coefficient (Wildman–Crippen LogP) is 10.3. The molecule has 0 saturated heterocycles. The van der Waals surface area contributed by atoms with E-state index in [0.29, 0.717) is 12.2 Å². The van der Waals surface area contributed by atoms with Crippen LogP contribution in [0.15, 0.2) is 12.2 Å². The van der Waals surface area contributed by atoms with Crippen molar-refractivity contribution in [1.82, 2.24) is 0 Å². The number of carbonyl (C=O) groups excluding carboxylic acids is 1. The third-order valence-electron chi connectivity index (χ3n) is 6.72. The van der Waals surface area contributed by atoms with Crippen LogP contribution in [0.3, 0.4) is 0 Å². The standard InChI is InChI=1S/C30H58O2/c1-5-6-7-8-9-10-11-12-13-14-15-16-19-22-25-29(4)26-23-20-17-18-21-24-27-32-30(31)28(2)3/h29H,2,5-27H2,1,3-4H3. The van der Waals surface area contributed by atoms with Crippen LogP contribution in [-0.4, -0.2) is 12.6 Å². The lowest BCUT2D eigenvalue weighted by Crippen LogP contribution is -2.05. The van der Waals surface area contributed by atoms with Gasteiger partial charge in [-0.25, -0.2) is 4.79 Å². The minimum atomic E-state index is -0.252. The number of hydrogen-bond donors (Lipinski definition) is 0. The average molecular weight is 451 g/mol. The molecule has 190 valence electrons. The summed E-state index contributed by atoms with van der Waals surface area (Å²) in [7, 11) is 0. The van der Waals surface area contributed by atoms with E-state index in [1.54, 1.807) is 6.92 Å². The van der Waals surface area contributed by atoms with Crippen molar-refractivity contribution in [1.29, 1.82) is 0 Å². The van der Waals surface area contributed by atoms with Gasteiger partial charge < -0.3 is 4.74 Å². The monoisotopic (exact) mass is 450 g/mol. The van der Waals surface area contributed by atoms with Gasteiger partial charge in [-0.05, 0) is 19.3 Å². The molecule has 0 aromatic rings. The van der Waals surface area contributed by atoms with E-state index in [2.05, 4.69) is 20.4 Å². The highest BCUT2D eigenvalue weighted by atomic mass is 16.5. The molecule has 0 saturated carbocycles. The fourth-order valence-electron chi connectivity index (χ4n) is 4.42. The van der Waals surface area contributed by atoms with Gasteiger partial charge in [0.2, 0.25) is 0 Å². The second kappa shape index (κ2) is 24.8. The van der Waals surface area contributed by atoms with Gasteiger partial charge in [-0.3, -0.25) is 0 Å². The normalized spacial score (nSPS) is 12.1. The lowest BCUT2D eigenvalue weighted by Gasteiger charge is -2.11. The van der Waals surface area contributed by atoms with E-state index in [4.69, 9.17) is 4.74 Å². The Morgan fingerprint density at radius 2 is 0.969 bits per heavy atom. The summed E-state index contributed by atoms with van der Waals surface area (Å²) in [5.41, 5.74) is 0.494. The zero-order valence-corrected chi connectivity index (χ0v) is 22.4. The molecule has 0 aliphatic heterocycles. The quantitative estimate of drug-likeness (QED) is 0.0785. The summed E-state index contributed by atoms with van der Waals surface area (Å²) < 4.78 is 5.13. The SMILES string of the molecule is C=C(C)C(=O)OCCCCCCCCC(C)CCCCCCCCCCCCCCCC. The number of esters is 1. The smallest absolute Gasteiger partial charge is 0.333 e. The molecule has 1 atom stereocenters. The Kier molecular flexibility index (Phi) is 24.2. The molecule has 0 fully saturated rings. The minimum Gasteiger partial charge on any atom is -0.462 e. The van der Waals surface area contributed by atoms with Gasteiger partial charge in [0.25, 0.3) is 0 Å². The van der Waals surface area contributed by atoms with Crippen LogP contribution in [0, 0.1) is 5.92 Å². The van der Waals surface area contributed by atoms with E-state index < -0.39 is 0 Å². The van der Waals surface area contributed by atoms with Crippen LogP contribution in [0.4, 0.5) is 0 Å². The fourth-order valence-corrected chi connectivity index (χ4v) is 4.42. The first-order chi connectivity index (χ1) is 15.6. The first-order valence-electron chi connectivity index (χ1n) is 14.4. The summed E-state index contributed by atoms with van der Waals surface area (Å²) in [6.07, 6.45) is 30.6. The largest absolute Gasteiger partial charge is 0.462 e. The van der Waals surface area contributed by atoms with E-state index in [1.807, 2.05) is 0 Å². The fraction of sp³-hybridized carbons (Fsp3) is 0.900. The van der Waals surface area contributed by atoms with Crippen molar-refractivity contribution >= 4 is 5.97 Å². The molecule has 0 aliphatic carbocycles. The van der Waals surface area contributed by atoms with Crippen molar-refractivity contribution in [2.75, 3.05) is 6.61 Å². The molecule has 0 bridgehead atoms. The van der Waals surface area contributed by atoms with Crippen LogP contribution in [0.5, 0.6) is 0 Å². The van der Waals surface area contributed by atoms with Gasteiger partial charge in [-0.15, -0.1) is 0 Å². The van der Waals surface area contributed by atoms with E-state index in [9.17, 15) is 4.79 Å². The third kappa shape index (κ3) is 23.9. The van der Waals surface area contributed by atoms with Crippen molar-refractivity contribution in [3.8, 4) is 0 Å². The van der Waals surface area contributed by atoms with Crippen molar-refractivity contribution in [3.05, 3.63) is 12.2 Å². The van der Waals surface area contributed by atoms with Crippen molar-refractivity contribution in [3.63, 3.8) is 0 Å². The van der Waals surface area contributed by atoms with Crippen LogP contribution in [0.25, 0.3) is 0 Å². The summed E-state index contributed by atoms with van der Waals surface area (Å²) in [6.45, 7) is 10.6. The Labute approximate surface area is 202 Å². The summed E-state index contributed by atoms with van der Waals surface area (Å²) in [4.78, 5) is 11.3. The molecule has 0 aromatic carbocycles. The van der Waals surface area contributed by atoms with Crippen LogP contribution < -0.4 is 0 Å². The van der Waals surface area contributed by atoms with Crippen molar-refractivity contribution in [2.45, 2.75) is 162 Å². The molecule has 1 unspecified atom stereocenters. The lowest BCUT2D eigenvalue weighted by atomic mass is 9.96. The number of hydrogen-bond acceptors (Lipinski definition) is 2. The molecule has 2 heteroatoms. The maximum absolute atomic E-state index is 11.3. The van der Waals surface area contributed by atoms with E-state index >= 15 is 0 Å². The van der Waals surface area contributed by atoms with Crippen LogP contribution in [-0.2, 0) is 9.53 Å². The van der Waals surface area contributed by atoms with Crippen LogP contribution in [0.2, 0.25) is 0 Å². The second-order valence-electron chi connectivity index (χ2n) is 10.3. The first kappa shape index (κ1) is 31.2. The zero-order chi connectivity index (χ0) is 23.7. The molecule has 0 aromatic heterocycles. The van der Waals surface area contributed by atoms with Gasteiger partial charge in [0.05, 0.1) is 6.61 Å². The highest BCUT2D eigenvalue weighted by molar-refractivity contribution is 5.86. The maximum Gasteiger partial charge on any atom is 0.333 e. The molecule has 0 amide bonds. The van der Waals surface area contributed by atoms with E-state index in [-0.39, 0.29) is 5.97 Å². The van der Waals surface area contributed by atoms with Crippen LogP contribution in [0.1, 0.15) is 162 Å². The predicted molar refractivity (Wildman–Crippen MR) is 142 cm³/mol. The molecule has 0 rings (SSSR count). The van der Waals surface area contributed by atoms with Crippen LogP contribution >= 0.6 is 0 Å². The molecule has 0 radical (unpaired) electrons. The summed E-state index contributed by atoms with van der Waals surface area (Å²) in [5.74, 6) is 0.645. The molecular formula is C30H58O2. The molecule has 2 nitrogen and oxygen atoms in total. The highest BCUT2D eigenvalue weighted by Crippen LogP contribution is 2.19. The number of carbonyl (C=O) groups is 1. The van der Waals surface area contributed by atoms with Gasteiger partial charge >= 0.3 is 5.97 Å². The Bertz CT molecular complexity index is 415. The van der Waals surface area contributed by atoms with Gasteiger partial charge in [0.15, 0.2) is 0 Å². The Hall–Kier alpha value is -0.790. The summed E-state index contributed by atoms with van der Waals surface area (Å²) in [6, 6.07) is 0. The first-order valence-corrected chi connectivity index (χ1v) is 14.4.